The summed E-state index contributed by atoms with van der Waals surface area (Å²) in [6, 6.07) is 12.9. The first-order valence-corrected chi connectivity index (χ1v) is 10.9. The van der Waals surface area contributed by atoms with Crippen LogP contribution in [-0.4, -0.2) is 39.3 Å². The predicted molar refractivity (Wildman–Crippen MR) is 122 cm³/mol. The van der Waals surface area contributed by atoms with Crippen molar-refractivity contribution in [3.63, 3.8) is 0 Å². The number of ketones is 1. The topological polar surface area (TPSA) is 86.1 Å². The number of aromatic nitrogens is 3. The van der Waals surface area contributed by atoms with E-state index in [0.717, 1.165) is 0 Å². The van der Waals surface area contributed by atoms with Gasteiger partial charge in [-0.25, -0.2) is 4.39 Å². The van der Waals surface area contributed by atoms with Gasteiger partial charge < -0.3 is 14.6 Å². The first-order chi connectivity index (χ1) is 15.5. The Morgan fingerprint density at radius 3 is 2.62 bits per heavy atom. The zero-order chi connectivity index (χ0) is 22.9. The maximum atomic E-state index is 13.7. The third kappa shape index (κ3) is 6.04. The summed E-state index contributed by atoms with van der Waals surface area (Å²) in [4.78, 5) is 24.7. The van der Waals surface area contributed by atoms with Crippen molar-refractivity contribution in [3.05, 3.63) is 78.4 Å². The summed E-state index contributed by atoms with van der Waals surface area (Å²) in [6.45, 7) is 4.19. The zero-order valence-corrected chi connectivity index (χ0v) is 18.4. The molecular weight excluding hydrogens is 431 g/mol. The van der Waals surface area contributed by atoms with E-state index in [1.807, 2.05) is 4.57 Å². The standard InChI is InChI=1S/C23H23FN4O3S/c1-3-14-28-21(12-13-22(30)25-19-7-5-4-6-18(19)24)26-27-23(28)32-15-20(29)16-8-10-17(31-2)11-9-16/h3-11H,1,12-15H2,2H3,(H,25,30). The number of Topliss-reactive ketones (excluding diaryl/α,β-unsaturated/α-hetero) is 1. The average molecular weight is 455 g/mol. The quantitative estimate of drug-likeness (QED) is 0.266. The maximum Gasteiger partial charge on any atom is 0.224 e. The van der Waals surface area contributed by atoms with E-state index in [1.165, 1.54) is 23.9 Å². The first kappa shape index (κ1) is 23.2. The second-order valence-electron chi connectivity index (χ2n) is 6.77. The lowest BCUT2D eigenvalue weighted by Crippen LogP contribution is -2.15. The Kier molecular flexibility index (Phi) is 8.15. The van der Waals surface area contributed by atoms with Crippen LogP contribution in [0.5, 0.6) is 5.75 Å². The van der Waals surface area contributed by atoms with E-state index in [2.05, 4.69) is 22.1 Å². The summed E-state index contributed by atoms with van der Waals surface area (Å²) >= 11 is 1.27. The van der Waals surface area contributed by atoms with Gasteiger partial charge in [-0.1, -0.05) is 30.0 Å². The molecule has 0 saturated heterocycles. The minimum absolute atomic E-state index is 0.0448. The van der Waals surface area contributed by atoms with Crippen LogP contribution in [0.4, 0.5) is 10.1 Å². The van der Waals surface area contributed by atoms with Gasteiger partial charge in [-0.05, 0) is 36.4 Å². The number of ether oxygens (including phenoxy) is 1. The summed E-state index contributed by atoms with van der Waals surface area (Å²) in [6.07, 6.45) is 2.12. The Bertz CT molecular complexity index is 1100. The molecule has 0 aliphatic carbocycles. The second kappa shape index (κ2) is 11.2. The summed E-state index contributed by atoms with van der Waals surface area (Å²) in [7, 11) is 1.57. The first-order valence-electron chi connectivity index (χ1n) is 9.89. The highest BCUT2D eigenvalue weighted by Crippen LogP contribution is 2.21. The van der Waals surface area contributed by atoms with E-state index in [-0.39, 0.29) is 29.6 Å². The van der Waals surface area contributed by atoms with Crippen molar-refractivity contribution in [2.75, 3.05) is 18.2 Å². The van der Waals surface area contributed by atoms with Crippen LogP contribution in [0.25, 0.3) is 0 Å². The maximum absolute atomic E-state index is 13.7. The highest BCUT2D eigenvalue weighted by molar-refractivity contribution is 7.99. The number of methoxy groups -OCH3 is 1. The molecule has 1 N–H and O–H groups in total. The van der Waals surface area contributed by atoms with Crippen molar-refractivity contribution >= 4 is 29.1 Å². The van der Waals surface area contributed by atoms with Gasteiger partial charge in [0.25, 0.3) is 0 Å². The zero-order valence-electron chi connectivity index (χ0n) is 17.6. The SMILES string of the molecule is C=CCn1c(CCC(=O)Nc2ccccc2F)nnc1SCC(=O)c1ccc(OC)cc1. The summed E-state index contributed by atoms with van der Waals surface area (Å²) < 4.78 is 20.6. The molecule has 0 unspecified atom stereocenters. The van der Waals surface area contributed by atoms with Crippen LogP contribution in [0.1, 0.15) is 22.6 Å². The number of aryl methyl sites for hydroxylation is 1. The summed E-state index contributed by atoms with van der Waals surface area (Å²) in [5.74, 6) is 0.603. The van der Waals surface area contributed by atoms with Crippen LogP contribution in [0, 0.1) is 5.82 Å². The van der Waals surface area contributed by atoms with E-state index in [4.69, 9.17) is 4.74 Å². The van der Waals surface area contributed by atoms with Crippen molar-refractivity contribution in [3.8, 4) is 5.75 Å². The van der Waals surface area contributed by atoms with Gasteiger partial charge in [0.05, 0.1) is 18.6 Å². The number of hydrogen-bond donors (Lipinski definition) is 1. The van der Waals surface area contributed by atoms with Crippen LogP contribution < -0.4 is 10.1 Å². The van der Waals surface area contributed by atoms with Gasteiger partial charge in [0.2, 0.25) is 5.91 Å². The van der Waals surface area contributed by atoms with Crippen LogP contribution in [0.2, 0.25) is 0 Å². The van der Waals surface area contributed by atoms with Gasteiger partial charge in [0, 0.05) is 24.9 Å². The van der Waals surface area contributed by atoms with Crippen molar-refractivity contribution in [1.82, 2.24) is 14.8 Å². The second-order valence-corrected chi connectivity index (χ2v) is 7.71. The minimum atomic E-state index is -0.490. The molecular formula is C23H23FN4O3S. The average Bonchev–Trinajstić information content (AvgIpc) is 3.19. The molecule has 1 amide bonds. The van der Waals surface area contributed by atoms with Gasteiger partial charge in [-0.3, -0.25) is 9.59 Å². The number of carbonyl (C=O) groups is 2. The fraction of sp³-hybridized carbons (Fsp3) is 0.217. The van der Waals surface area contributed by atoms with Gasteiger partial charge in [-0.15, -0.1) is 16.8 Å². The monoisotopic (exact) mass is 454 g/mol. The molecule has 3 rings (SSSR count). The molecule has 9 heteroatoms. The molecule has 0 bridgehead atoms. The molecule has 7 nitrogen and oxygen atoms in total. The van der Waals surface area contributed by atoms with Gasteiger partial charge in [-0.2, -0.15) is 0 Å². The highest BCUT2D eigenvalue weighted by atomic mass is 32.2. The lowest BCUT2D eigenvalue weighted by molar-refractivity contribution is -0.116. The molecule has 0 fully saturated rings. The van der Waals surface area contributed by atoms with Crippen LogP contribution >= 0.6 is 11.8 Å². The van der Waals surface area contributed by atoms with E-state index < -0.39 is 5.82 Å². The van der Waals surface area contributed by atoms with E-state index in [1.54, 1.807) is 49.6 Å². The Balaban J connectivity index is 1.60. The van der Waals surface area contributed by atoms with E-state index in [9.17, 15) is 14.0 Å². The Labute approximate surface area is 189 Å². The molecule has 1 aromatic heterocycles. The molecule has 3 aromatic rings. The van der Waals surface area contributed by atoms with E-state index >= 15 is 0 Å². The van der Waals surface area contributed by atoms with Crippen LogP contribution in [0.15, 0.2) is 66.3 Å². The summed E-state index contributed by atoms with van der Waals surface area (Å²) in [5.41, 5.74) is 0.719. The van der Waals surface area contributed by atoms with Crippen LogP contribution in [-0.2, 0) is 17.8 Å². The number of benzene rings is 2. The molecule has 0 saturated carbocycles. The van der Waals surface area contributed by atoms with Gasteiger partial charge in [0.15, 0.2) is 10.9 Å². The number of anilines is 1. The Morgan fingerprint density at radius 2 is 1.94 bits per heavy atom. The molecule has 0 spiro atoms. The fourth-order valence-electron chi connectivity index (χ4n) is 2.91. The molecule has 0 aliphatic heterocycles. The largest absolute Gasteiger partial charge is 0.497 e. The molecule has 0 radical (unpaired) electrons. The van der Waals surface area contributed by atoms with Crippen molar-refractivity contribution in [2.45, 2.75) is 24.5 Å². The number of carbonyl (C=O) groups excluding carboxylic acids is 2. The lowest BCUT2D eigenvalue weighted by Gasteiger charge is -2.08. The molecule has 2 aromatic carbocycles. The number of allylic oxidation sites excluding steroid dienone is 1. The number of nitrogens with zero attached hydrogens (tertiary/aromatic N) is 3. The van der Waals surface area contributed by atoms with Crippen molar-refractivity contribution in [2.24, 2.45) is 0 Å². The lowest BCUT2D eigenvalue weighted by atomic mass is 10.1. The predicted octanol–water partition coefficient (Wildman–Crippen LogP) is 4.16. The number of thioether (sulfide) groups is 1. The molecule has 1 heterocycles. The molecule has 166 valence electrons. The van der Waals surface area contributed by atoms with Gasteiger partial charge in [0.1, 0.15) is 17.4 Å². The smallest absolute Gasteiger partial charge is 0.224 e. The number of rotatable bonds is 11. The number of nitrogens with one attached hydrogen (secondary N) is 1. The number of amides is 1. The molecule has 0 aliphatic rings. The summed E-state index contributed by atoms with van der Waals surface area (Å²) in [5, 5.41) is 11.5. The highest BCUT2D eigenvalue weighted by Gasteiger charge is 2.16. The number of hydrogen-bond acceptors (Lipinski definition) is 6. The number of halogens is 1. The van der Waals surface area contributed by atoms with E-state index in [0.29, 0.717) is 35.3 Å². The normalized spacial score (nSPS) is 10.6. The number of para-hydroxylation sites is 1. The third-order valence-corrected chi connectivity index (χ3v) is 5.54. The van der Waals surface area contributed by atoms with Crippen LogP contribution in [0.3, 0.4) is 0 Å². The Morgan fingerprint density at radius 1 is 1.19 bits per heavy atom. The Hall–Kier alpha value is -3.46. The van der Waals surface area contributed by atoms with Gasteiger partial charge >= 0.3 is 0 Å². The van der Waals surface area contributed by atoms with Crippen molar-refractivity contribution < 1.29 is 18.7 Å². The third-order valence-electron chi connectivity index (χ3n) is 4.57. The van der Waals surface area contributed by atoms with Crippen molar-refractivity contribution in [1.29, 1.82) is 0 Å². The fourth-order valence-corrected chi connectivity index (χ4v) is 3.78. The minimum Gasteiger partial charge on any atom is -0.497 e. The molecule has 0 atom stereocenters. The molecule has 32 heavy (non-hydrogen) atoms.